The van der Waals surface area contributed by atoms with E-state index in [1.807, 2.05) is 13.2 Å². The van der Waals surface area contributed by atoms with Gasteiger partial charge in [0.1, 0.15) is 5.03 Å². The molecule has 1 N–H and O–H groups in total. The van der Waals surface area contributed by atoms with E-state index in [0.717, 1.165) is 0 Å². The zero-order valence-corrected chi connectivity index (χ0v) is 11.9. The first kappa shape index (κ1) is 14.3. The molecule has 1 aromatic heterocycles. The number of carbonyl (C=O) groups is 1. The number of aliphatic hydroxyl groups is 1. The standard InChI is InChI=1S/C13H18N2O3S/c1-3-15(10-7-18-8-11(10)16)13(17)9-5-4-6-14-12(9)19-2/h4-6,10-11,16H,3,7-8H2,1-2H3/t10-,11-/m0/s1. The summed E-state index contributed by atoms with van der Waals surface area (Å²) in [5.41, 5.74) is 0.580. The first-order valence-corrected chi connectivity index (χ1v) is 7.47. The number of amides is 1. The van der Waals surface area contributed by atoms with Gasteiger partial charge in [-0.2, -0.15) is 0 Å². The van der Waals surface area contributed by atoms with Crippen molar-refractivity contribution < 1.29 is 14.6 Å². The molecule has 0 radical (unpaired) electrons. The number of carbonyl (C=O) groups excluding carboxylic acids is 1. The van der Waals surface area contributed by atoms with E-state index in [1.54, 1.807) is 23.2 Å². The number of aromatic nitrogens is 1. The Morgan fingerprint density at radius 1 is 1.63 bits per heavy atom. The van der Waals surface area contributed by atoms with E-state index in [-0.39, 0.29) is 18.6 Å². The fourth-order valence-electron chi connectivity index (χ4n) is 2.23. The van der Waals surface area contributed by atoms with Gasteiger partial charge in [0.05, 0.1) is 30.9 Å². The van der Waals surface area contributed by atoms with E-state index >= 15 is 0 Å². The van der Waals surface area contributed by atoms with Gasteiger partial charge >= 0.3 is 0 Å². The quantitative estimate of drug-likeness (QED) is 0.836. The van der Waals surface area contributed by atoms with Crippen LogP contribution in [0.25, 0.3) is 0 Å². The molecule has 1 amide bonds. The molecule has 1 aromatic rings. The van der Waals surface area contributed by atoms with Crippen LogP contribution < -0.4 is 0 Å². The summed E-state index contributed by atoms with van der Waals surface area (Å²) in [7, 11) is 0. The van der Waals surface area contributed by atoms with E-state index in [4.69, 9.17) is 4.74 Å². The first-order valence-electron chi connectivity index (χ1n) is 6.24. The molecule has 0 aromatic carbocycles. The smallest absolute Gasteiger partial charge is 0.257 e. The summed E-state index contributed by atoms with van der Waals surface area (Å²) < 4.78 is 5.23. The van der Waals surface area contributed by atoms with Crippen LogP contribution in [0, 0.1) is 0 Å². The van der Waals surface area contributed by atoms with Crippen molar-refractivity contribution in [2.75, 3.05) is 26.0 Å². The fraction of sp³-hybridized carbons (Fsp3) is 0.538. The average Bonchev–Trinajstić information content (AvgIpc) is 2.86. The lowest BCUT2D eigenvalue weighted by molar-refractivity contribution is 0.0516. The molecule has 6 heteroatoms. The van der Waals surface area contributed by atoms with Crippen molar-refractivity contribution in [3.63, 3.8) is 0 Å². The molecule has 1 fully saturated rings. The fourth-order valence-corrected chi connectivity index (χ4v) is 2.77. The topological polar surface area (TPSA) is 62.7 Å². The number of hydrogen-bond donors (Lipinski definition) is 1. The summed E-state index contributed by atoms with van der Waals surface area (Å²) in [5, 5.41) is 10.6. The molecule has 0 bridgehead atoms. The highest BCUT2D eigenvalue weighted by molar-refractivity contribution is 7.98. The zero-order valence-electron chi connectivity index (χ0n) is 11.1. The molecule has 2 heterocycles. The second-order valence-electron chi connectivity index (χ2n) is 4.32. The Kier molecular flexibility index (Phi) is 4.79. The molecule has 0 unspecified atom stereocenters. The number of thioether (sulfide) groups is 1. The van der Waals surface area contributed by atoms with Gasteiger partial charge in [0.15, 0.2) is 0 Å². The molecular weight excluding hydrogens is 264 g/mol. The third-order valence-electron chi connectivity index (χ3n) is 3.22. The molecule has 2 atom stereocenters. The van der Waals surface area contributed by atoms with Crippen molar-refractivity contribution >= 4 is 17.7 Å². The van der Waals surface area contributed by atoms with Gasteiger partial charge in [-0.1, -0.05) is 0 Å². The van der Waals surface area contributed by atoms with E-state index in [1.165, 1.54) is 11.8 Å². The van der Waals surface area contributed by atoms with Crippen LogP contribution in [0.15, 0.2) is 23.4 Å². The molecular formula is C13H18N2O3S. The van der Waals surface area contributed by atoms with E-state index in [0.29, 0.717) is 23.7 Å². The van der Waals surface area contributed by atoms with Gasteiger partial charge in [0.2, 0.25) is 0 Å². The van der Waals surface area contributed by atoms with Gasteiger partial charge in [-0.15, -0.1) is 11.8 Å². The molecule has 1 aliphatic heterocycles. The van der Waals surface area contributed by atoms with Crippen molar-refractivity contribution in [3.8, 4) is 0 Å². The molecule has 1 aliphatic rings. The first-order chi connectivity index (χ1) is 9.19. The van der Waals surface area contributed by atoms with Gasteiger partial charge in [-0.25, -0.2) is 4.98 Å². The van der Waals surface area contributed by atoms with Crippen molar-refractivity contribution in [1.29, 1.82) is 0 Å². The highest BCUT2D eigenvalue weighted by Gasteiger charge is 2.34. The van der Waals surface area contributed by atoms with Crippen LogP contribution in [0.3, 0.4) is 0 Å². The number of rotatable bonds is 4. The maximum Gasteiger partial charge on any atom is 0.257 e. The summed E-state index contributed by atoms with van der Waals surface area (Å²) in [6.07, 6.45) is 2.95. The number of nitrogens with zero attached hydrogens (tertiary/aromatic N) is 2. The van der Waals surface area contributed by atoms with Crippen LogP contribution in [0.5, 0.6) is 0 Å². The van der Waals surface area contributed by atoms with Crippen LogP contribution in [0.2, 0.25) is 0 Å². The summed E-state index contributed by atoms with van der Waals surface area (Å²) in [5.74, 6) is -0.102. The highest BCUT2D eigenvalue weighted by atomic mass is 32.2. The number of hydrogen-bond acceptors (Lipinski definition) is 5. The van der Waals surface area contributed by atoms with Gasteiger partial charge in [-0.05, 0) is 25.3 Å². The Morgan fingerprint density at radius 3 is 3.00 bits per heavy atom. The molecule has 0 saturated carbocycles. The lowest BCUT2D eigenvalue weighted by Crippen LogP contribution is -2.46. The largest absolute Gasteiger partial charge is 0.388 e. The minimum Gasteiger partial charge on any atom is -0.388 e. The summed E-state index contributed by atoms with van der Waals surface area (Å²) in [6, 6.07) is 3.25. The predicted molar refractivity (Wildman–Crippen MR) is 73.3 cm³/mol. The van der Waals surface area contributed by atoms with Crippen molar-refractivity contribution in [2.45, 2.75) is 24.1 Å². The van der Waals surface area contributed by atoms with Crippen LogP contribution in [0.4, 0.5) is 0 Å². The second-order valence-corrected chi connectivity index (χ2v) is 5.12. The Bertz CT molecular complexity index is 455. The van der Waals surface area contributed by atoms with Gasteiger partial charge < -0.3 is 14.7 Å². The molecule has 5 nitrogen and oxygen atoms in total. The minimum atomic E-state index is -0.613. The number of aliphatic hydroxyl groups excluding tert-OH is 1. The highest BCUT2D eigenvalue weighted by Crippen LogP contribution is 2.22. The molecule has 19 heavy (non-hydrogen) atoms. The van der Waals surface area contributed by atoms with Crippen LogP contribution >= 0.6 is 11.8 Å². The second kappa shape index (κ2) is 6.36. The average molecular weight is 282 g/mol. The maximum absolute atomic E-state index is 12.6. The third-order valence-corrected chi connectivity index (χ3v) is 3.93. The Labute approximate surface area is 117 Å². The van der Waals surface area contributed by atoms with Crippen LogP contribution in [-0.2, 0) is 4.74 Å². The Morgan fingerprint density at radius 2 is 2.42 bits per heavy atom. The Hall–Kier alpha value is -1.11. The number of ether oxygens (including phenoxy) is 1. The number of pyridine rings is 1. The summed E-state index contributed by atoms with van der Waals surface area (Å²) in [6.45, 7) is 3.11. The maximum atomic E-state index is 12.6. The number of likely N-dealkylation sites (N-methyl/N-ethyl adjacent to an activating group) is 1. The minimum absolute atomic E-state index is 0.102. The van der Waals surface area contributed by atoms with Gasteiger partial charge in [0, 0.05) is 12.7 Å². The van der Waals surface area contributed by atoms with Crippen LogP contribution in [-0.4, -0.2) is 59.1 Å². The Balaban J connectivity index is 2.25. The lowest BCUT2D eigenvalue weighted by Gasteiger charge is -2.29. The molecule has 2 rings (SSSR count). The zero-order chi connectivity index (χ0) is 13.8. The SMILES string of the molecule is CCN(C(=O)c1cccnc1SC)[C@H]1COC[C@@H]1O. The monoisotopic (exact) mass is 282 g/mol. The third kappa shape index (κ3) is 2.91. The lowest BCUT2D eigenvalue weighted by atomic mass is 10.1. The molecule has 104 valence electrons. The van der Waals surface area contributed by atoms with E-state index < -0.39 is 6.10 Å². The summed E-state index contributed by atoms with van der Waals surface area (Å²) in [4.78, 5) is 18.5. The van der Waals surface area contributed by atoms with E-state index in [2.05, 4.69) is 4.98 Å². The van der Waals surface area contributed by atoms with Gasteiger partial charge in [-0.3, -0.25) is 4.79 Å². The van der Waals surface area contributed by atoms with Crippen molar-refractivity contribution in [2.24, 2.45) is 0 Å². The van der Waals surface area contributed by atoms with Crippen molar-refractivity contribution in [3.05, 3.63) is 23.9 Å². The summed E-state index contributed by atoms with van der Waals surface area (Å²) >= 11 is 1.44. The molecule has 1 saturated heterocycles. The molecule has 0 spiro atoms. The predicted octanol–water partition coefficient (Wildman–Crippen LogP) is 1.03. The normalized spacial score (nSPS) is 22.5. The van der Waals surface area contributed by atoms with E-state index in [9.17, 15) is 9.90 Å². The van der Waals surface area contributed by atoms with Crippen LogP contribution in [0.1, 0.15) is 17.3 Å². The van der Waals surface area contributed by atoms with Gasteiger partial charge in [0.25, 0.3) is 5.91 Å². The van der Waals surface area contributed by atoms with Crippen molar-refractivity contribution in [1.82, 2.24) is 9.88 Å². The molecule has 0 aliphatic carbocycles.